The molecule has 1 aromatic carbocycles. The van der Waals surface area contributed by atoms with Crippen LogP contribution in [0.5, 0.6) is 0 Å². The van der Waals surface area contributed by atoms with Crippen molar-refractivity contribution in [3.05, 3.63) is 52.3 Å². The summed E-state index contributed by atoms with van der Waals surface area (Å²) in [6.07, 6.45) is 3.43. The second-order valence-corrected chi connectivity index (χ2v) is 9.25. The zero-order valence-electron chi connectivity index (χ0n) is 17.2. The highest BCUT2D eigenvalue weighted by Crippen LogP contribution is 2.48. The number of hydrogen-bond acceptors (Lipinski definition) is 2. The number of carbonyl (C=O) groups is 1. The number of ether oxygens (including phenoxy) is 1. The highest BCUT2D eigenvalue weighted by Gasteiger charge is 2.40. The van der Waals surface area contributed by atoms with Crippen LogP contribution in [0.4, 0.5) is 8.78 Å². The number of hydrogen-bond donors (Lipinski definition) is 1. The summed E-state index contributed by atoms with van der Waals surface area (Å²) < 4.78 is 36.0. The Morgan fingerprint density at radius 2 is 1.97 bits per heavy atom. The van der Waals surface area contributed by atoms with E-state index in [-0.39, 0.29) is 28.9 Å². The fraction of sp³-hybridized carbons (Fsp3) is 0.522. The normalized spacial score (nSPS) is 24.0. The number of carboxylic acid groups (broad SMARTS) is 1. The van der Waals surface area contributed by atoms with E-state index in [4.69, 9.17) is 21.4 Å². The summed E-state index contributed by atoms with van der Waals surface area (Å²) in [6, 6.07) is 2.71. The lowest BCUT2D eigenvalue weighted by Gasteiger charge is -2.27. The number of carboxylic acids is 1. The molecule has 3 rings (SSSR count). The summed E-state index contributed by atoms with van der Waals surface area (Å²) >= 11 is 6.51. The van der Waals surface area contributed by atoms with Crippen LogP contribution >= 0.6 is 11.6 Å². The maximum absolute atomic E-state index is 15.0. The van der Waals surface area contributed by atoms with Crippen LogP contribution in [0.15, 0.2) is 29.5 Å². The second-order valence-electron chi connectivity index (χ2n) is 8.75. The van der Waals surface area contributed by atoms with Crippen molar-refractivity contribution in [2.24, 2.45) is 5.92 Å². The van der Waals surface area contributed by atoms with Crippen molar-refractivity contribution in [2.45, 2.75) is 70.3 Å². The predicted molar refractivity (Wildman–Crippen MR) is 110 cm³/mol. The number of rotatable bonds is 6. The Balaban J connectivity index is 1.97. The third-order valence-corrected chi connectivity index (χ3v) is 6.24. The molecule has 0 aromatic heterocycles. The number of allylic oxidation sites excluding steroid dienone is 3. The standard InChI is InChI=1S/C23H27ClF2O3/c1-12(6-5-7-19(27)28)20-17(25)9-14(10-18(20)26)21-13(2)16(24)8-15-11-23(3,4)29-22(15)21/h8-10,12-13,16H,5-7,11H2,1-4H3,(H,27,28). The van der Waals surface area contributed by atoms with E-state index in [0.29, 0.717) is 30.6 Å². The second kappa shape index (κ2) is 8.10. The largest absolute Gasteiger partial charge is 0.487 e. The monoisotopic (exact) mass is 424 g/mol. The van der Waals surface area contributed by atoms with E-state index in [1.807, 2.05) is 26.8 Å². The van der Waals surface area contributed by atoms with Crippen LogP contribution in [0.2, 0.25) is 0 Å². The van der Waals surface area contributed by atoms with Crippen molar-refractivity contribution >= 4 is 23.1 Å². The molecule has 0 amide bonds. The van der Waals surface area contributed by atoms with Gasteiger partial charge in [0.25, 0.3) is 0 Å². The number of aliphatic carboxylic acids is 1. The maximum Gasteiger partial charge on any atom is 0.303 e. The fourth-order valence-electron chi connectivity index (χ4n) is 4.29. The molecule has 1 fully saturated rings. The maximum atomic E-state index is 15.0. The molecule has 1 N–H and O–H groups in total. The molecule has 3 unspecified atom stereocenters. The third kappa shape index (κ3) is 4.50. The molecule has 0 spiro atoms. The lowest BCUT2D eigenvalue weighted by Crippen LogP contribution is -2.19. The molecule has 0 bridgehead atoms. The molecule has 3 nitrogen and oxygen atoms in total. The van der Waals surface area contributed by atoms with Gasteiger partial charge in [-0.05, 0) is 55.9 Å². The first kappa shape index (κ1) is 21.8. The van der Waals surface area contributed by atoms with Gasteiger partial charge in [-0.2, -0.15) is 0 Å². The number of benzene rings is 1. The number of halogens is 3. The molecule has 158 valence electrons. The van der Waals surface area contributed by atoms with Gasteiger partial charge in [0, 0.05) is 29.9 Å². The molecule has 0 radical (unpaired) electrons. The van der Waals surface area contributed by atoms with Crippen LogP contribution in [0.1, 0.15) is 70.4 Å². The summed E-state index contributed by atoms with van der Waals surface area (Å²) in [7, 11) is 0. The average Bonchev–Trinajstić information content (AvgIpc) is 2.88. The first-order chi connectivity index (χ1) is 13.5. The summed E-state index contributed by atoms with van der Waals surface area (Å²) in [4.78, 5) is 10.7. The molecule has 29 heavy (non-hydrogen) atoms. The van der Waals surface area contributed by atoms with E-state index < -0.39 is 23.5 Å². The SMILES string of the molecule is CC(CCCC(=O)O)c1c(F)cc(C2=C3OC(C)(C)CC3=CC(Cl)C2C)cc1F. The van der Waals surface area contributed by atoms with Gasteiger partial charge in [-0.3, -0.25) is 4.79 Å². The van der Waals surface area contributed by atoms with Gasteiger partial charge in [0.2, 0.25) is 0 Å². The van der Waals surface area contributed by atoms with Crippen molar-refractivity contribution in [3.63, 3.8) is 0 Å². The minimum Gasteiger partial charge on any atom is -0.487 e. The first-order valence-electron chi connectivity index (χ1n) is 9.99. The van der Waals surface area contributed by atoms with Crippen LogP contribution in [0.25, 0.3) is 5.57 Å². The predicted octanol–water partition coefficient (Wildman–Crippen LogP) is 6.42. The Labute approximate surface area is 175 Å². The van der Waals surface area contributed by atoms with Gasteiger partial charge < -0.3 is 9.84 Å². The number of alkyl halides is 1. The summed E-state index contributed by atoms with van der Waals surface area (Å²) in [5.74, 6) is -2.04. The minimum absolute atomic E-state index is 0.000870. The van der Waals surface area contributed by atoms with Crippen LogP contribution in [0.3, 0.4) is 0 Å². The molecule has 3 atom stereocenters. The van der Waals surface area contributed by atoms with Gasteiger partial charge >= 0.3 is 5.97 Å². The van der Waals surface area contributed by atoms with E-state index in [0.717, 1.165) is 11.1 Å². The van der Waals surface area contributed by atoms with E-state index in [2.05, 4.69) is 0 Å². The van der Waals surface area contributed by atoms with Gasteiger partial charge in [0.1, 0.15) is 23.0 Å². The van der Waals surface area contributed by atoms with Gasteiger partial charge in [-0.1, -0.05) is 19.9 Å². The highest BCUT2D eigenvalue weighted by atomic mass is 35.5. The topological polar surface area (TPSA) is 46.5 Å². The van der Waals surface area contributed by atoms with Crippen LogP contribution in [-0.4, -0.2) is 22.1 Å². The van der Waals surface area contributed by atoms with Crippen LogP contribution < -0.4 is 0 Å². The molecule has 2 aliphatic rings. The Morgan fingerprint density at radius 3 is 2.55 bits per heavy atom. The smallest absolute Gasteiger partial charge is 0.303 e. The molecular formula is C23H27ClF2O3. The highest BCUT2D eigenvalue weighted by molar-refractivity contribution is 6.23. The van der Waals surface area contributed by atoms with Gasteiger partial charge in [-0.25, -0.2) is 8.78 Å². The van der Waals surface area contributed by atoms with E-state index in [1.165, 1.54) is 12.1 Å². The molecule has 1 saturated heterocycles. The number of fused-ring (bicyclic) bond motifs is 1. The van der Waals surface area contributed by atoms with Crippen LogP contribution in [-0.2, 0) is 9.53 Å². The summed E-state index contributed by atoms with van der Waals surface area (Å²) in [5, 5.41) is 8.49. The van der Waals surface area contributed by atoms with Crippen LogP contribution in [0, 0.1) is 17.6 Å². The fourth-order valence-corrected chi connectivity index (χ4v) is 4.57. The van der Waals surface area contributed by atoms with Crippen molar-refractivity contribution in [2.75, 3.05) is 0 Å². The van der Waals surface area contributed by atoms with Crippen molar-refractivity contribution in [1.82, 2.24) is 0 Å². The molecule has 1 heterocycles. The van der Waals surface area contributed by atoms with E-state index in [1.54, 1.807) is 6.92 Å². The van der Waals surface area contributed by atoms with E-state index >= 15 is 0 Å². The Kier molecular flexibility index (Phi) is 6.09. The van der Waals surface area contributed by atoms with Crippen molar-refractivity contribution in [1.29, 1.82) is 0 Å². The van der Waals surface area contributed by atoms with Gasteiger partial charge in [0.05, 0.1) is 5.38 Å². The minimum atomic E-state index is -0.910. The lowest BCUT2D eigenvalue weighted by atomic mass is 9.82. The zero-order valence-corrected chi connectivity index (χ0v) is 17.9. The van der Waals surface area contributed by atoms with Crippen molar-refractivity contribution < 1.29 is 23.4 Å². The lowest BCUT2D eigenvalue weighted by molar-refractivity contribution is -0.137. The quantitative estimate of drug-likeness (QED) is 0.536. The van der Waals surface area contributed by atoms with Gasteiger partial charge in [-0.15, -0.1) is 11.6 Å². The zero-order chi connectivity index (χ0) is 21.5. The van der Waals surface area contributed by atoms with Crippen molar-refractivity contribution in [3.8, 4) is 0 Å². The molecular weight excluding hydrogens is 398 g/mol. The molecule has 6 heteroatoms. The Bertz CT molecular complexity index is 865. The average molecular weight is 425 g/mol. The Hall–Kier alpha value is -1.88. The first-order valence-corrected chi connectivity index (χ1v) is 10.4. The third-order valence-electron chi connectivity index (χ3n) is 5.73. The van der Waals surface area contributed by atoms with E-state index in [9.17, 15) is 13.6 Å². The molecule has 0 saturated carbocycles. The summed E-state index contributed by atoms with van der Waals surface area (Å²) in [5.41, 5.74) is 1.77. The van der Waals surface area contributed by atoms with Gasteiger partial charge in [0.15, 0.2) is 0 Å². The summed E-state index contributed by atoms with van der Waals surface area (Å²) in [6.45, 7) is 7.61. The molecule has 1 aromatic rings. The Morgan fingerprint density at radius 1 is 1.34 bits per heavy atom. The molecule has 1 aliphatic carbocycles. The molecule has 1 aliphatic heterocycles.